The molecule has 1 saturated carbocycles. The normalized spacial score (nSPS) is 31.7. The third kappa shape index (κ3) is 2.82. The fourth-order valence-corrected chi connectivity index (χ4v) is 3.33. The van der Waals surface area contributed by atoms with Gasteiger partial charge in [-0.1, -0.05) is 5.92 Å². The lowest BCUT2D eigenvalue weighted by molar-refractivity contribution is -0.263. The molecule has 3 atom stereocenters. The number of hydrogen-bond acceptors (Lipinski definition) is 6. The Labute approximate surface area is 137 Å². The van der Waals surface area contributed by atoms with Gasteiger partial charge in [-0.15, -0.1) is 6.42 Å². The molecule has 1 aliphatic carbocycles. The van der Waals surface area contributed by atoms with Gasteiger partial charge in [0.1, 0.15) is 12.4 Å². The number of hydrogen-bond donors (Lipinski definition) is 2. The molecule has 0 spiro atoms. The van der Waals surface area contributed by atoms with Crippen LogP contribution >= 0.6 is 0 Å². The van der Waals surface area contributed by atoms with Crippen molar-refractivity contribution in [3.63, 3.8) is 0 Å². The van der Waals surface area contributed by atoms with Gasteiger partial charge in [0, 0.05) is 31.5 Å². The molecule has 2 N–H and O–H groups in total. The lowest BCUT2D eigenvalue weighted by Gasteiger charge is -2.36. The van der Waals surface area contributed by atoms with Crippen LogP contribution in [0.15, 0.2) is 21.9 Å². The highest BCUT2D eigenvalue weighted by molar-refractivity contribution is 5.57. The smallest absolute Gasteiger partial charge is 0.330 e. The van der Waals surface area contributed by atoms with Crippen molar-refractivity contribution < 1.29 is 19.4 Å². The van der Waals surface area contributed by atoms with Gasteiger partial charge in [-0.3, -0.25) is 14.3 Å². The number of aliphatic hydroxyl groups is 1. The highest BCUT2D eigenvalue weighted by Crippen LogP contribution is 2.45. The van der Waals surface area contributed by atoms with Crippen molar-refractivity contribution in [1.29, 1.82) is 0 Å². The summed E-state index contributed by atoms with van der Waals surface area (Å²) in [6.07, 6.45) is 7.86. The highest BCUT2D eigenvalue weighted by Gasteiger charge is 2.54. The van der Waals surface area contributed by atoms with Gasteiger partial charge in [-0.05, 0) is 12.8 Å². The van der Waals surface area contributed by atoms with E-state index in [0.717, 1.165) is 23.5 Å². The van der Waals surface area contributed by atoms with E-state index < -0.39 is 35.0 Å². The summed E-state index contributed by atoms with van der Waals surface area (Å²) >= 11 is 0. The highest BCUT2D eigenvalue weighted by atomic mass is 16.7. The lowest BCUT2D eigenvalue weighted by Crippen LogP contribution is -2.48. The molecule has 0 aromatic carbocycles. The maximum Gasteiger partial charge on any atom is 0.330 e. The van der Waals surface area contributed by atoms with Crippen LogP contribution in [-0.2, 0) is 14.3 Å². The van der Waals surface area contributed by atoms with Crippen LogP contribution < -0.4 is 11.2 Å². The molecule has 1 aromatic rings. The Morgan fingerprint density at radius 1 is 1.46 bits per heavy atom. The monoisotopic (exact) mass is 334 g/mol. The Balaban J connectivity index is 2.03. The van der Waals surface area contributed by atoms with Gasteiger partial charge >= 0.3 is 5.69 Å². The fourth-order valence-electron chi connectivity index (χ4n) is 3.33. The summed E-state index contributed by atoms with van der Waals surface area (Å²) in [5.74, 6) is 1.05. The Bertz CT molecular complexity index is 785. The van der Waals surface area contributed by atoms with E-state index in [1.54, 1.807) is 0 Å². The largest absolute Gasteiger partial charge is 0.365 e. The van der Waals surface area contributed by atoms with E-state index in [1.807, 2.05) is 0 Å². The van der Waals surface area contributed by atoms with E-state index in [-0.39, 0.29) is 6.42 Å². The zero-order valence-corrected chi connectivity index (χ0v) is 12.9. The summed E-state index contributed by atoms with van der Waals surface area (Å²) in [6, 6.07) is 1.14. The second kappa shape index (κ2) is 6.02. The molecule has 0 amide bonds. The first kappa shape index (κ1) is 16.6. The summed E-state index contributed by atoms with van der Waals surface area (Å²) in [4.78, 5) is 36.7. The van der Waals surface area contributed by atoms with Crippen LogP contribution in [0.2, 0.25) is 0 Å². The summed E-state index contributed by atoms with van der Waals surface area (Å²) in [7, 11) is 0. The van der Waals surface area contributed by atoms with Crippen molar-refractivity contribution in [1.82, 2.24) is 9.55 Å². The summed E-state index contributed by atoms with van der Waals surface area (Å²) in [6.45, 7) is 0. The number of aromatic nitrogens is 2. The van der Waals surface area contributed by atoms with Gasteiger partial charge in [-0.2, -0.15) is 0 Å². The quantitative estimate of drug-likeness (QED) is 0.443. The second-order valence-corrected chi connectivity index (χ2v) is 6.17. The molecule has 1 aromatic heterocycles. The minimum Gasteiger partial charge on any atom is -0.365 e. The Hall–Kier alpha value is -2.21. The predicted octanol–water partition coefficient (Wildman–Crippen LogP) is -0.326. The Morgan fingerprint density at radius 3 is 2.75 bits per heavy atom. The van der Waals surface area contributed by atoms with Crippen LogP contribution in [0, 0.1) is 12.3 Å². The van der Waals surface area contributed by atoms with E-state index in [0.29, 0.717) is 19.1 Å². The van der Waals surface area contributed by atoms with Crippen molar-refractivity contribution in [3.8, 4) is 12.3 Å². The van der Waals surface area contributed by atoms with E-state index in [2.05, 4.69) is 10.9 Å². The third-order valence-corrected chi connectivity index (χ3v) is 4.46. The molecule has 3 rings (SSSR count). The van der Waals surface area contributed by atoms with Crippen LogP contribution in [0.25, 0.3) is 0 Å². The number of nitrogens with one attached hydrogen (secondary N) is 1. The molecule has 2 aliphatic rings. The average molecular weight is 334 g/mol. The number of H-pyrrole nitrogens is 1. The van der Waals surface area contributed by atoms with Crippen LogP contribution in [0.3, 0.4) is 0 Å². The molecule has 2 heterocycles. The van der Waals surface area contributed by atoms with Crippen LogP contribution in [0.4, 0.5) is 0 Å². The molecule has 0 radical (unpaired) electrons. The molecule has 0 bridgehead atoms. The van der Waals surface area contributed by atoms with Crippen molar-refractivity contribution in [3.05, 3.63) is 33.1 Å². The minimum absolute atomic E-state index is 0.00550. The number of aromatic amines is 1. The molecular weight excluding hydrogens is 316 g/mol. The Kier molecular flexibility index (Phi) is 4.17. The second-order valence-electron chi connectivity index (χ2n) is 6.17. The van der Waals surface area contributed by atoms with Crippen LogP contribution in [0.1, 0.15) is 38.3 Å². The van der Waals surface area contributed by atoms with Crippen LogP contribution in [0.5, 0.6) is 0 Å². The Morgan fingerprint density at radius 2 is 2.17 bits per heavy atom. The number of carbonyl (C=O) groups excluding carboxylic acids is 1. The molecule has 8 heteroatoms. The molecular formula is C16H18N2O6. The van der Waals surface area contributed by atoms with Gasteiger partial charge in [0.15, 0.2) is 17.6 Å². The maximum absolute atomic E-state index is 12.1. The van der Waals surface area contributed by atoms with E-state index in [4.69, 9.17) is 15.9 Å². The van der Waals surface area contributed by atoms with Gasteiger partial charge < -0.3 is 19.4 Å². The molecule has 1 aliphatic heterocycles. The van der Waals surface area contributed by atoms with Crippen molar-refractivity contribution >= 4 is 6.29 Å². The molecule has 24 heavy (non-hydrogen) atoms. The first-order valence-corrected chi connectivity index (χ1v) is 7.74. The molecule has 1 saturated heterocycles. The molecule has 3 unspecified atom stereocenters. The number of rotatable bonds is 4. The summed E-state index contributed by atoms with van der Waals surface area (Å²) < 4.78 is 12.5. The summed E-state index contributed by atoms with van der Waals surface area (Å²) in [5, 5.41) is 10.6. The number of nitrogens with zero attached hydrogens (tertiary/aromatic N) is 1. The summed E-state index contributed by atoms with van der Waals surface area (Å²) in [5.41, 5.74) is -2.80. The van der Waals surface area contributed by atoms with E-state index in [1.165, 1.54) is 6.20 Å². The zero-order valence-electron chi connectivity index (χ0n) is 12.9. The number of carbonyl (C=O) groups is 1. The standard InChI is InChI=1S/C16H18N2O6/c1-2-15(24-16(22)6-3-4-7-16)9-11(10-19)23-13(15)18-8-5-12(20)17-14(18)21/h1,5,8,10-11,13,22H,3-4,6-7,9H2,(H,17,20,21). The first-order valence-electron chi connectivity index (χ1n) is 7.74. The molecule has 8 nitrogen and oxygen atoms in total. The van der Waals surface area contributed by atoms with E-state index in [9.17, 15) is 19.5 Å². The zero-order chi connectivity index (χ0) is 17.4. The van der Waals surface area contributed by atoms with Gasteiger partial charge in [0.2, 0.25) is 0 Å². The van der Waals surface area contributed by atoms with Gasteiger partial charge in [-0.25, -0.2) is 4.79 Å². The molecule has 128 valence electrons. The third-order valence-electron chi connectivity index (χ3n) is 4.46. The van der Waals surface area contributed by atoms with E-state index >= 15 is 0 Å². The number of ether oxygens (including phenoxy) is 2. The number of terminal acetylenes is 1. The molecule has 2 fully saturated rings. The fraction of sp³-hybridized carbons (Fsp3) is 0.562. The van der Waals surface area contributed by atoms with Crippen LogP contribution in [-0.4, -0.2) is 38.4 Å². The average Bonchev–Trinajstić information content (AvgIpc) is 3.12. The predicted molar refractivity (Wildman–Crippen MR) is 82.0 cm³/mol. The first-order chi connectivity index (χ1) is 11.4. The lowest BCUT2D eigenvalue weighted by atomic mass is 9.97. The van der Waals surface area contributed by atoms with Gasteiger partial charge in [0.25, 0.3) is 5.56 Å². The SMILES string of the molecule is C#CC1(OC2(O)CCCC2)CC(C=O)OC1n1ccc(=O)[nH]c1=O. The van der Waals surface area contributed by atoms with Crippen molar-refractivity contribution in [2.45, 2.75) is 55.8 Å². The topological polar surface area (TPSA) is 111 Å². The van der Waals surface area contributed by atoms with Crippen molar-refractivity contribution in [2.75, 3.05) is 0 Å². The van der Waals surface area contributed by atoms with Crippen molar-refractivity contribution in [2.24, 2.45) is 0 Å². The minimum atomic E-state index is -1.49. The maximum atomic E-state index is 12.1. The number of aldehydes is 1. The van der Waals surface area contributed by atoms with Gasteiger partial charge in [0.05, 0.1) is 0 Å².